The molecule has 2 aromatic heterocycles. The first-order valence-corrected chi connectivity index (χ1v) is 9.24. The minimum Gasteiger partial charge on any atom is -0.478 e. The van der Waals surface area contributed by atoms with Crippen LogP contribution in [0.5, 0.6) is 0 Å². The van der Waals surface area contributed by atoms with Crippen molar-refractivity contribution in [2.45, 2.75) is 6.18 Å². The molecule has 4 rings (SSSR count). The highest BCUT2D eigenvalue weighted by molar-refractivity contribution is 5.87. The molecule has 0 fully saturated rings. The first kappa shape index (κ1) is 21.7. The molecule has 0 amide bonds. The van der Waals surface area contributed by atoms with Crippen molar-refractivity contribution in [2.75, 3.05) is 5.32 Å². The van der Waals surface area contributed by atoms with Crippen LogP contribution in [0.2, 0.25) is 0 Å². The molecule has 2 heterocycles. The largest absolute Gasteiger partial charge is 0.478 e. The van der Waals surface area contributed by atoms with Gasteiger partial charge in [0.1, 0.15) is 5.82 Å². The number of aromatic carboxylic acids is 1. The van der Waals surface area contributed by atoms with Gasteiger partial charge in [0, 0.05) is 24.3 Å². The van der Waals surface area contributed by atoms with Gasteiger partial charge in [-0.15, -0.1) is 0 Å². The quantitative estimate of drug-likeness (QED) is 0.437. The Balaban J connectivity index is 1.61. The molecule has 0 aliphatic rings. The summed E-state index contributed by atoms with van der Waals surface area (Å²) < 4.78 is 54.8. The number of carbonyl (C=O) groups is 1. The molecule has 0 radical (unpaired) electrons. The summed E-state index contributed by atoms with van der Waals surface area (Å²) in [5, 5.41) is 15.4. The first-order valence-electron chi connectivity index (χ1n) is 9.24. The molecule has 0 bridgehead atoms. The molecule has 0 atom stereocenters. The maximum absolute atomic E-state index is 14.1. The zero-order chi connectivity index (χ0) is 23.8. The first-order chi connectivity index (χ1) is 15.6. The van der Waals surface area contributed by atoms with Crippen molar-refractivity contribution in [3.8, 4) is 11.4 Å². The van der Waals surface area contributed by atoms with Gasteiger partial charge in [0.2, 0.25) is 0 Å². The van der Waals surface area contributed by atoms with Gasteiger partial charge in [-0.25, -0.2) is 18.9 Å². The van der Waals surface area contributed by atoms with Gasteiger partial charge in [-0.1, -0.05) is 0 Å². The average molecular weight is 459 g/mol. The third kappa shape index (κ3) is 4.44. The summed E-state index contributed by atoms with van der Waals surface area (Å²) in [5.74, 6) is -2.60. The number of nitrogens with one attached hydrogen (secondary N) is 1. The lowest BCUT2D eigenvalue weighted by Gasteiger charge is -2.12. The van der Waals surface area contributed by atoms with Gasteiger partial charge < -0.3 is 10.4 Å². The summed E-state index contributed by atoms with van der Waals surface area (Å²) in [6, 6.07) is 8.24. The van der Waals surface area contributed by atoms with Gasteiger partial charge in [-0.05, 0) is 42.5 Å². The Hall–Kier alpha value is -4.48. The fourth-order valence-corrected chi connectivity index (χ4v) is 2.96. The van der Waals surface area contributed by atoms with Crippen LogP contribution in [-0.2, 0) is 6.18 Å². The predicted octanol–water partition coefficient (Wildman–Crippen LogP) is 4.02. The number of aromatic nitrogens is 4. The number of carboxylic acid groups (broad SMARTS) is 1. The minimum atomic E-state index is -4.70. The van der Waals surface area contributed by atoms with Crippen molar-refractivity contribution < 1.29 is 27.5 Å². The Morgan fingerprint density at radius 1 is 1.06 bits per heavy atom. The Kier molecular flexibility index (Phi) is 5.42. The fraction of sp³-hybridized carbons (Fsp3) is 0.0476. The number of hydrogen-bond donors (Lipinski definition) is 2. The van der Waals surface area contributed by atoms with E-state index in [0.717, 1.165) is 6.07 Å². The maximum Gasteiger partial charge on any atom is 0.416 e. The van der Waals surface area contributed by atoms with E-state index >= 15 is 0 Å². The van der Waals surface area contributed by atoms with E-state index in [2.05, 4.69) is 15.4 Å². The molecular weight excluding hydrogens is 446 g/mol. The summed E-state index contributed by atoms with van der Waals surface area (Å²) in [7, 11) is 0. The van der Waals surface area contributed by atoms with Gasteiger partial charge in [0.25, 0.3) is 5.56 Å². The van der Waals surface area contributed by atoms with Crippen molar-refractivity contribution in [2.24, 2.45) is 0 Å². The Morgan fingerprint density at radius 3 is 2.36 bits per heavy atom. The second-order valence-corrected chi connectivity index (χ2v) is 6.76. The molecule has 0 spiro atoms. The van der Waals surface area contributed by atoms with Crippen LogP contribution in [0.3, 0.4) is 0 Å². The zero-order valence-corrected chi connectivity index (χ0v) is 16.4. The SMILES string of the molecule is O=C(O)c1cnn(-c2ccc(-n3ccnc(Nc4ccc(C(F)(F)F)cc4F)c3=O)cc2)c1. The molecule has 0 aliphatic heterocycles. The van der Waals surface area contributed by atoms with Crippen LogP contribution in [0.25, 0.3) is 11.4 Å². The molecule has 2 N–H and O–H groups in total. The highest BCUT2D eigenvalue weighted by Gasteiger charge is 2.31. The third-order valence-electron chi connectivity index (χ3n) is 4.61. The Bertz CT molecular complexity index is 1390. The van der Waals surface area contributed by atoms with Crippen molar-refractivity contribution in [1.29, 1.82) is 0 Å². The fourth-order valence-electron chi connectivity index (χ4n) is 2.96. The van der Waals surface area contributed by atoms with Gasteiger partial charge in [0.05, 0.1) is 28.7 Å². The number of hydrogen-bond acceptors (Lipinski definition) is 5. The molecular formula is C21H13F4N5O3. The van der Waals surface area contributed by atoms with Gasteiger partial charge in [-0.2, -0.15) is 18.3 Å². The van der Waals surface area contributed by atoms with Crippen LogP contribution in [0, 0.1) is 5.82 Å². The number of alkyl halides is 3. The smallest absolute Gasteiger partial charge is 0.416 e. The van der Waals surface area contributed by atoms with E-state index < -0.39 is 29.1 Å². The second-order valence-electron chi connectivity index (χ2n) is 6.76. The molecule has 33 heavy (non-hydrogen) atoms. The van der Waals surface area contributed by atoms with Crippen molar-refractivity contribution in [3.63, 3.8) is 0 Å². The van der Waals surface area contributed by atoms with Crippen LogP contribution >= 0.6 is 0 Å². The van der Waals surface area contributed by atoms with Crippen molar-refractivity contribution in [1.82, 2.24) is 19.3 Å². The Labute approximate surface area is 182 Å². The summed E-state index contributed by atoms with van der Waals surface area (Å²) in [6.45, 7) is 0. The molecule has 0 aliphatic carbocycles. The van der Waals surface area contributed by atoms with E-state index in [9.17, 15) is 27.2 Å². The average Bonchev–Trinajstić information content (AvgIpc) is 3.27. The van der Waals surface area contributed by atoms with Crippen LogP contribution in [0.15, 0.2) is 72.0 Å². The number of halogens is 4. The molecule has 12 heteroatoms. The van der Waals surface area contributed by atoms with E-state index in [1.807, 2.05) is 0 Å². The van der Waals surface area contributed by atoms with Crippen LogP contribution in [-0.4, -0.2) is 30.4 Å². The van der Waals surface area contributed by atoms with Crippen LogP contribution in [0.1, 0.15) is 15.9 Å². The minimum absolute atomic E-state index is 0.00986. The van der Waals surface area contributed by atoms with Crippen LogP contribution < -0.4 is 10.9 Å². The topological polar surface area (TPSA) is 102 Å². The number of benzene rings is 2. The standard InChI is InChI=1S/C21H13F4N5O3/c22-16-9-13(21(23,24)25)1-6-17(16)28-18-19(31)29(8-7-26-18)14-2-4-15(5-3-14)30-11-12(10-27-30)20(32)33/h1-11H,(H,26,28)(H,32,33). The van der Waals surface area contributed by atoms with Gasteiger partial charge in [0.15, 0.2) is 5.82 Å². The maximum atomic E-state index is 14.1. The summed E-state index contributed by atoms with van der Waals surface area (Å²) in [5.41, 5.74) is -1.20. The molecule has 168 valence electrons. The highest BCUT2D eigenvalue weighted by atomic mass is 19.4. The summed E-state index contributed by atoms with van der Waals surface area (Å²) >= 11 is 0. The van der Waals surface area contributed by atoms with E-state index in [0.29, 0.717) is 23.5 Å². The lowest BCUT2D eigenvalue weighted by Crippen LogP contribution is -2.22. The van der Waals surface area contributed by atoms with Crippen LogP contribution in [0.4, 0.5) is 29.1 Å². The number of nitrogens with zero attached hydrogens (tertiary/aromatic N) is 4. The number of carboxylic acids is 1. The van der Waals surface area contributed by atoms with Crippen molar-refractivity contribution in [3.05, 3.63) is 94.5 Å². The third-order valence-corrected chi connectivity index (χ3v) is 4.61. The number of rotatable bonds is 5. The lowest BCUT2D eigenvalue weighted by atomic mass is 10.2. The number of anilines is 2. The summed E-state index contributed by atoms with van der Waals surface area (Å²) in [4.78, 5) is 27.6. The van der Waals surface area contributed by atoms with E-state index in [1.165, 1.54) is 34.0 Å². The molecule has 0 saturated heterocycles. The predicted molar refractivity (Wildman–Crippen MR) is 109 cm³/mol. The second kappa shape index (κ2) is 8.22. The molecule has 4 aromatic rings. The molecule has 0 unspecified atom stereocenters. The highest BCUT2D eigenvalue weighted by Crippen LogP contribution is 2.31. The Morgan fingerprint density at radius 2 is 1.76 bits per heavy atom. The molecule has 0 saturated carbocycles. The molecule has 8 nitrogen and oxygen atoms in total. The lowest BCUT2D eigenvalue weighted by molar-refractivity contribution is -0.137. The molecule has 2 aromatic carbocycles. The van der Waals surface area contributed by atoms with E-state index in [-0.39, 0.29) is 17.1 Å². The van der Waals surface area contributed by atoms with E-state index in [1.54, 1.807) is 24.3 Å². The summed E-state index contributed by atoms with van der Waals surface area (Å²) in [6.07, 6.45) is 0.460. The van der Waals surface area contributed by atoms with Gasteiger partial charge in [-0.3, -0.25) is 9.36 Å². The van der Waals surface area contributed by atoms with Crippen molar-refractivity contribution >= 4 is 17.5 Å². The van der Waals surface area contributed by atoms with Gasteiger partial charge >= 0.3 is 12.1 Å². The monoisotopic (exact) mass is 459 g/mol. The zero-order valence-electron chi connectivity index (χ0n) is 16.4. The van der Waals surface area contributed by atoms with E-state index in [4.69, 9.17) is 5.11 Å². The normalized spacial score (nSPS) is 11.4.